The summed E-state index contributed by atoms with van der Waals surface area (Å²) < 4.78 is 42.1. The highest BCUT2D eigenvalue weighted by Crippen LogP contribution is 2.26. The van der Waals surface area contributed by atoms with Crippen LogP contribution in [0.25, 0.3) is 0 Å². The first-order chi connectivity index (χ1) is 14.0. The molecular formula is C20H17F2N3O4. The average Bonchev–Trinajstić information content (AvgIpc) is 2.71. The van der Waals surface area contributed by atoms with E-state index in [0.29, 0.717) is 28.9 Å². The molecule has 0 atom stereocenters. The molecule has 2 aromatic carbocycles. The summed E-state index contributed by atoms with van der Waals surface area (Å²) in [7, 11) is 3.01. The van der Waals surface area contributed by atoms with Gasteiger partial charge < -0.3 is 24.8 Å². The first-order valence-electron chi connectivity index (χ1n) is 8.37. The molecule has 0 radical (unpaired) electrons. The average molecular weight is 401 g/mol. The number of nitrogens with one attached hydrogen (secondary N) is 2. The molecular weight excluding hydrogens is 384 g/mol. The van der Waals surface area contributed by atoms with E-state index in [2.05, 4.69) is 15.6 Å². The van der Waals surface area contributed by atoms with Crippen LogP contribution >= 0.6 is 0 Å². The minimum atomic E-state index is -0.845. The van der Waals surface area contributed by atoms with E-state index in [0.717, 1.165) is 12.1 Å². The fourth-order valence-corrected chi connectivity index (χ4v) is 2.36. The zero-order chi connectivity index (χ0) is 20.8. The van der Waals surface area contributed by atoms with Crippen LogP contribution in [0.4, 0.5) is 25.0 Å². The van der Waals surface area contributed by atoms with Gasteiger partial charge in [-0.2, -0.15) is 0 Å². The van der Waals surface area contributed by atoms with Crippen molar-refractivity contribution >= 4 is 17.4 Å². The molecule has 150 valence electrons. The van der Waals surface area contributed by atoms with Crippen LogP contribution in [-0.4, -0.2) is 25.2 Å². The molecule has 0 spiro atoms. The minimum Gasteiger partial charge on any atom is -0.497 e. The van der Waals surface area contributed by atoms with Crippen LogP contribution in [0.5, 0.6) is 23.1 Å². The number of urea groups is 1. The molecule has 7 nitrogen and oxygen atoms in total. The van der Waals surface area contributed by atoms with Crippen LogP contribution in [0.2, 0.25) is 0 Å². The van der Waals surface area contributed by atoms with Gasteiger partial charge in [-0.05, 0) is 18.2 Å². The van der Waals surface area contributed by atoms with E-state index in [1.807, 2.05) is 0 Å². The van der Waals surface area contributed by atoms with Crippen molar-refractivity contribution in [2.75, 3.05) is 24.9 Å². The van der Waals surface area contributed by atoms with Crippen molar-refractivity contribution in [2.24, 2.45) is 0 Å². The molecule has 2 amide bonds. The molecule has 0 saturated heterocycles. The lowest BCUT2D eigenvalue weighted by Crippen LogP contribution is -2.19. The Bertz CT molecular complexity index is 991. The number of hydrogen-bond donors (Lipinski definition) is 2. The van der Waals surface area contributed by atoms with Gasteiger partial charge in [-0.1, -0.05) is 0 Å². The maximum Gasteiger partial charge on any atom is 0.323 e. The smallest absolute Gasteiger partial charge is 0.323 e. The number of carbonyl (C=O) groups is 1. The zero-order valence-corrected chi connectivity index (χ0v) is 15.5. The standard InChI is InChI=1S/C20H17F2N3O4/c1-27-15-8-14(9-16(10-15)28-2)25-20(26)24-13-4-6-19(23-11-13)29-18-5-3-12(21)7-17(18)22/h3-11H,1-2H3,(H2,24,25,26). The Hall–Kier alpha value is -3.88. The highest BCUT2D eigenvalue weighted by atomic mass is 19.1. The van der Waals surface area contributed by atoms with Crippen LogP contribution in [0.1, 0.15) is 0 Å². The summed E-state index contributed by atoms with van der Waals surface area (Å²) in [5.41, 5.74) is 0.850. The molecule has 29 heavy (non-hydrogen) atoms. The summed E-state index contributed by atoms with van der Waals surface area (Å²) in [5, 5.41) is 5.25. The van der Waals surface area contributed by atoms with Crippen LogP contribution < -0.4 is 24.8 Å². The molecule has 1 aromatic heterocycles. The van der Waals surface area contributed by atoms with Gasteiger partial charge in [-0.25, -0.2) is 18.6 Å². The van der Waals surface area contributed by atoms with Crippen LogP contribution in [0.3, 0.4) is 0 Å². The van der Waals surface area contributed by atoms with Crippen LogP contribution in [0.15, 0.2) is 54.7 Å². The van der Waals surface area contributed by atoms with E-state index in [9.17, 15) is 13.6 Å². The molecule has 0 fully saturated rings. The van der Waals surface area contributed by atoms with Crippen molar-refractivity contribution in [3.63, 3.8) is 0 Å². The van der Waals surface area contributed by atoms with Gasteiger partial charge in [0.25, 0.3) is 0 Å². The number of pyridine rings is 1. The largest absolute Gasteiger partial charge is 0.497 e. The normalized spacial score (nSPS) is 10.2. The summed E-state index contributed by atoms with van der Waals surface area (Å²) >= 11 is 0. The fourth-order valence-electron chi connectivity index (χ4n) is 2.36. The second kappa shape index (κ2) is 8.87. The minimum absolute atomic E-state index is 0.0824. The lowest BCUT2D eigenvalue weighted by molar-refractivity contribution is 0.262. The predicted octanol–water partition coefficient (Wildman–Crippen LogP) is 4.81. The summed E-state index contributed by atoms with van der Waals surface area (Å²) in [6, 6.07) is 10.3. The summed E-state index contributed by atoms with van der Waals surface area (Å²) in [4.78, 5) is 16.2. The van der Waals surface area contributed by atoms with E-state index < -0.39 is 17.7 Å². The molecule has 0 aliphatic carbocycles. The Kier molecular flexibility index (Phi) is 6.08. The quantitative estimate of drug-likeness (QED) is 0.619. The van der Waals surface area contributed by atoms with Crippen molar-refractivity contribution in [3.8, 4) is 23.1 Å². The topological polar surface area (TPSA) is 81.7 Å². The van der Waals surface area contributed by atoms with Crippen LogP contribution in [0, 0.1) is 11.6 Å². The first-order valence-corrected chi connectivity index (χ1v) is 8.37. The number of halogens is 2. The number of ether oxygens (including phenoxy) is 3. The Labute approximate surface area is 165 Å². The van der Waals surface area contributed by atoms with Crippen LogP contribution in [-0.2, 0) is 0 Å². The van der Waals surface area contributed by atoms with E-state index in [1.54, 1.807) is 18.2 Å². The van der Waals surface area contributed by atoms with E-state index in [-0.39, 0.29) is 11.6 Å². The molecule has 0 aliphatic rings. The van der Waals surface area contributed by atoms with Gasteiger partial charge in [0.2, 0.25) is 5.88 Å². The van der Waals surface area contributed by atoms with Gasteiger partial charge in [0.05, 0.1) is 26.1 Å². The van der Waals surface area contributed by atoms with E-state index in [4.69, 9.17) is 14.2 Å². The molecule has 9 heteroatoms. The summed E-state index contributed by atoms with van der Waals surface area (Å²) in [6.07, 6.45) is 1.34. The van der Waals surface area contributed by atoms with Crippen molar-refractivity contribution in [1.82, 2.24) is 4.98 Å². The maximum atomic E-state index is 13.6. The number of amides is 2. The highest BCUT2D eigenvalue weighted by Gasteiger charge is 2.09. The van der Waals surface area contributed by atoms with Gasteiger partial charge in [0, 0.05) is 36.0 Å². The molecule has 0 saturated carbocycles. The second-order valence-electron chi connectivity index (χ2n) is 5.74. The third-order valence-electron chi connectivity index (χ3n) is 3.71. The monoisotopic (exact) mass is 401 g/mol. The lowest BCUT2D eigenvalue weighted by Gasteiger charge is -2.11. The number of methoxy groups -OCH3 is 2. The predicted molar refractivity (Wildman–Crippen MR) is 103 cm³/mol. The molecule has 3 rings (SSSR count). The Morgan fingerprint density at radius 3 is 2.17 bits per heavy atom. The van der Waals surface area contributed by atoms with Crippen molar-refractivity contribution in [1.29, 1.82) is 0 Å². The first kappa shape index (κ1) is 19.9. The second-order valence-corrected chi connectivity index (χ2v) is 5.74. The van der Waals surface area contributed by atoms with Gasteiger partial charge >= 0.3 is 6.03 Å². The third-order valence-corrected chi connectivity index (χ3v) is 3.71. The summed E-state index contributed by atoms with van der Waals surface area (Å²) in [5.74, 6) is -0.584. The van der Waals surface area contributed by atoms with Gasteiger partial charge in [-0.15, -0.1) is 0 Å². The number of nitrogens with zero attached hydrogens (tertiary/aromatic N) is 1. The molecule has 0 aliphatic heterocycles. The Morgan fingerprint density at radius 2 is 1.59 bits per heavy atom. The number of aromatic nitrogens is 1. The molecule has 1 heterocycles. The number of rotatable bonds is 6. The molecule has 0 bridgehead atoms. The van der Waals surface area contributed by atoms with E-state index in [1.165, 1.54) is 32.5 Å². The number of hydrogen-bond acceptors (Lipinski definition) is 5. The van der Waals surface area contributed by atoms with Crippen molar-refractivity contribution in [2.45, 2.75) is 0 Å². The maximum absolute atomic E-state index is 13.6. The lowest BCUT2D eigenvalue weighted by atomic mass is 10.3. The Balaban J connectivity index is 1.63. The fraction of sp³-hybridized carbons (Fsp3) is 0.100. The number of anilines is 2. The molecule has 0 unspecified atom stereocenters. The molecule has 3 aromatic rings. The highest BCUT2D eigenvalue weighted by molar-refractivity contribution is 5.99. The SMILES string of the molecule is COc1cc(NC(=O)Nc2ccc(Oc3ccc(F)cc3F)nc2)cc(OC)c1. The van der Waals surface area contributed by atoms with Gasteiger partial charge in [0.1, 0.15) is 17.3 Å². The number of carbonyl (C=O) groups excluding carboxylic acids is 1. The third kappa shape index (κ3) is 5.32. The van der Waals surface area contributed by atoms with Crippen molar-refractivity contribution in [3.05, 3.63) is 66.4 Å². The molecule has 2 N–H and O–H groups in total. The van der Waals surface area contributed by atoms with Gasteiger partial charge in [-0.3, -0.25) is 0 Å². The Morgan fingerprint density at radius 1 is 0.897 bits per heavy atom. The van der Waals surface area contributed by atoms with E-state index >= 15 is 0 Å². The number of benzene rings is 2. The van der Waals surface area contributed by atoms with Gasteiger partial charge in [0.15, 0.2) is 11.6 Å². The zero-order valence-electron chi connectivity index (χ0n) is 15.5. The van der Waals surface area contributed by atoms with Crippen molar-refractivity contribution < 1.29 is 27.8 Å². The summed E-state index contributed by atoms with van der Waals surface area (Å²) in [6.45, 7) is 0.